The lowest BCUT2D eigenvalue weighted by Crippen LogP contribution is -2.11. The lowest BCUT2D eigenvalue weighted by molar-refractivity contribution is 0.102. The molecule has 4 aliphatic rings. The summed E-state index contributed by atoms with van der Waals surface area (Å²) in [5.41, 5.74) is -45.0. The third-order valence-corrected chi connectivity index (χ3v) is 16.3. The molecule has 5 N–H and O–H groups in total. The minimum atomic E-state index is -3.06. The quantitative estimate of drug-likeness (QED) is 0.0644. The standard InChI is InChI=1S/C66H14F30N6O3/c67-34-28(35(68)47(80)58(91)46(34)79)22-10-7-20(101-64(10)103)26(32-42(75)54(87)62(95)55(88)43(32)76)17-5-2-15(98-17)24(30-38(71)50(83)60(93)51(84)39(30)72)12-9-21(102-66(12)105)27(33-44(77)56(89)63(96)57(90)45(33)78)18-6-3-14(99-18)23(29-36(69)48(81)59(92)49(82)37(29)70)11-8-19(100-65(11)104)25(16-4-1-13(22)97-16)31-40(73)52(85)61(94)53(86)41(31)74/h1-9,97-98H,(H,100,104)(H,101,103)(H,102,105). The Balaban J connectivity index is 1.37. The fraction of sp³-hybridized carbons (Fsp3) is 0. The van der Waals surface area contributed by atoms with Gasteiger partial charge in [0.05, 0.1) is 78.5 Å². The number of hydrogen-bond acceptors (Lipinski definition) is 4. The van der Waals surface area contributed by atoms with Crippen molar-refractivity contribution in [1.29, 1.82) is 0 Å². The third kappa shape index (κ3) is 10.3. The molecule has 0 spiro atoms. The normalized spacial score (nSPS) is 12.7. The lowest BCUT2D eigenvalue weighted by Gasteiger charge is -2.12. The molecule has 0 fully saturated rings. The van der Waals surface area contributed by atoms with Crippen molar-refractivity contribution >= 4 is 69.0 Å². The highest BCUT2D eigenvalue weighted by atomic mass is 19.2. The summed E-state index contributed by atoms with van der Waals surface area (Å²) in [4.78, 5) is 51.3. The number of amides is 3. The van der Waals surface area contributed by atoms with Crippen molar-refractivity contribution < 1.29 is 146 Å². The van der Waals surface area contributed by atoms with Gasteiger partial charge in [0.25, 0.3) is 17.7 Å². The van der Waals surface area contributed by atoms with Crippen LogP contribution in [0.3, 0.4) is 0 Å². The Morgan fingerprint density at radius 1 is 0.200 bits per heavy atom. The number of halogens is 30. The molecule has 0 atom stereocenters. The highest BCUT2D eigenvalue weighted by Gasteiger charge is 2.41. The molecular weight excluding hydrogens is 1490 g/mol. The zero-order valence-corrected chi connectivity index (χ0v) is 49.2. The van der Waals surface area contributed by atoms with E-state index in [1.807, 2.05) is 9.97 Å². The minimum Gasteiger partial charge on any atom is -0.354 e. The number of rotatable bonds is 6. The highest BCUT2D eigenvalue weighted by Crippen LogP contribution is 2.50. The first-order valence-electron chi connectivity index (χ1n) is 27.9. The summed E-state index contributed by atoms with van der Waals surface area (Å²) in [5, 5.41) is 4.91. The minimum absolute atomic E-state index is 0.0582. The van der Waals surface area contributed by atoms with Crippen molar-refractivity contribution in [3.63, 3.8) is 0 Å². The van der Waals surface area contributed by atoms with Crippen molar-refractivity contribution in [2.75, 3.05) is 16.0 Å². The van der Waals surface area contributed by atoms with Crippen molar-refractivity contribution in [2.45, 2.75) is 0 Å². The Morgan fingerprint density at radius 3 is 0.619 bits per heavy atom. The summed E-state index contributed by atoms with van der Waals surface area (Å²) < 4.78 is 474. The van der Waals surface area contributed by atoms with Crippen LogP contribution in [0, 0.1) is 175 Å². The maximum absolute atomic E-state index is 16.5. The summed E-state index contributed by atoms with van der Waals surface area (Å²) in [7, 11) is 0. The molecule has 12 bridgehead atoms. The maximum Gasteiger partial charge on any atom is 0.256 e. The van der Waals surface area contributed by atoms with Gasteiger partial charge in [-0.05, 0) is 54.6 Å². The van der Waals surface area contributed by atoms with Crippen molar-refractivity contribution in [2.24, 2.45) is 0 Å². The van der Waals surface area contributed by atoms with Gasteiger partial charge < -0.3 is 25.9 Å². The summed E-state index contributed by atoms with van der Waals surface area (Å²) in [6.45, 7) is 0. The van der Waals surface area contributed by atoms with Crippen LogP contribution in [0.25, 0.3) is 101 Å². The Hall–Kier alpha value is -12.5. The first-order valence-corrected chi connectivity index (χ1v) is 27.9. The number of fused-ring (bicyclic) bond motifs is 12. The number of aromatic nitrogens is 3. The summed E-state index contributed by atoms with van der Waals surface area (Å²) in [6, 6.07) is 0.661. The molecule has 0 saturated carbocycles. The number of nitrogens with one attached hydrogen (secondary N) is 5. The topological polar surface area (TPSA) is 132 Å². The van der Waals surface area contributed by atoms with Crippen LogP contribution in [0.5, 0.6) is 0 Å². The molecule has 13 rings (SSSR count). The fourth-order valence-electron chi connectivity index (χ4n) is 11.7. The van der Waals surface area contributed by atoms with E-state index in [1.165, 1.54) is 0 Å². The number of aromatic amines is 2. The van der Waals surface area contributed by atoms with Gasteiger partial charge in [-0.25, -0.2) is 137 Å². The molecule has 4 aliphatic heterocycles. The zero-order chi connectivity index (χ0) is 76.5. The van der Waals surface area contributed by atoms with Crippen LogP contribution in [0.4, 0.5) is 149 Å². The van der Waals surface area contributed by atoms with E-state index in [0.717, 1.165) is 0 Å². The monoisotopic (exact) mass is 1510 g/mol. The summed E-state index contributed by atoms with van der Waals surface area (Å²) >= 11 is 0. The molecule has 6 aromatic carbocycles. The number of anilines is 3. The SMILES string of the molecule is O=C1Nc2cc1c(-c1c(F)c(F)c(F)c(F)c1F)c1nc(c(-c3c(F)c(F)c(F)c(F)c3F)c3cc(c(-c4c(F)c(F)c(F)c(F)c4F)c4ccc([nH]4)c(-c4c(F)c(F)c(F)c(F)c4F)c4cc(c(-c5c(F)c(F)c(F)c(F)c5F)c5ccc([nH]5)c2-c2c(F)c(F)c(F)c(F)c2F)C(=O)N4)C(=O)N3)C=C1. The van der Waals surface area contributed by atoms with Gasteiger partial charge in [0.2, 0.25) is 34.9 Å². The number of carbonyl (C=O) groups is 3. The van der Waals surface area contributed by atoms with E-state index in [2.05, 4.69) is 4.98 Å². The molecule has 3 aromatic heterocycles. The van der Waals surface area contributed by atoms with Crippen LogP contribution >= 0.6 is 0 Å². The van der Waals surface area contributed by atoms with E-state index in [0.29, 0.717) is 0 Å². The van der Waals surface area contributed by atoms with Crippen LogP contribution in [0.15, 0.2) is 42.5 Å². The van der Waals surface area contributed by atoms with Gasteiger partial charge in [0.1, 0.15) is 0 Å². The molecule has 9 aromatic rings. The van der Waals surface area contributed by atoms with E-state index >= 15 is 105 Å². The molecule has 39 heteroatoms. The highest BCUT2D eigenvalue weighted by molar-refractivity contribution is 6.20. The second-order valence-electron chi connectivity index (χ2n) is 22.0. The van der Waals surface area contributed by atoms with Crippen molar-refractivity contribution in [1.82, 2.24) is 15.0 Å². The molecular formula is C66H14F30N6O3. The Labute approximate surface area is 556 Å². The zero-order valence-electron chi connectivity index (χ0n) is 49.2. The number of carbonyl (C=O) groups excluding carboxylic acids is 3. The first kappa shape index (κ1) is 70.9. The first-order chi connectivity index (χ1) is 49.4. The average Bonchev–Trinajstić information content (AvgIpc) is 1.63. The van der Waals surface area contributed by atoms with Crippen LogP contribution in [-0.4, -0.2) is 32.7 Å². The van der Waals surface area contributed by atoms with E-state index < -0.39 is 326 Å². The van der Waals surface area contributed by atoms with Gasteiger partial charge >= 0.3 is 0 Å². The maximum atomic E-state index is 16.5. The average molecular weight is 1510 g/mol. The molecule has 0 unspecified atom stereocenters. The largest absolute Gasteiger partial charge is 0.354 e. The molecule has 9 nitrogen and oxygen atoms in total. The summed E-state index contributed by atoms with van der Waals surface area (Å²) in [5.74, 6) is -96.6. The van der Waals surface area contributed by atoms with E-state index in [-0.39, 0.29) is 54.6 Å². The molecule has 105 heavy (non-hydrogen) atoms. The van der Waals surface area contributed by atoms with Gasteiger partial charge in [-0.2, -0.15) is 0 Å². The number of H-pyrrole nitrogens is 2. The van der Waals surface area contributed by atoms with Crippen molar-refractivity contribution in [3.05, 3.63) is 245 Å². The second kappa shape index (κ2) is 24.9. The summed E-state index contributed by atoms with van der Waals surface area (Å²) in [6.07, 6.45) is 0.335. The van der Waals surface area contributed by atoms with Gasteiger partial charge in [-0.15, -0.1) is 0 Å². The van der Waals surface area contributed by atoms with E-state index in [9.17, 15) is 40.7 Å². The van der Waals surface area contributed by atoms with Crippen LogP contribution in [-0.2, 0) is 0 Å². The predicted octanol–water partition coefficient (Wildman–Crippen LogP) is 19.9. The number of hydrogen-bond donors (Lipinski definition) is 5. The van der Waals surface area contributed by atoms with Gasteiger partial charge in [0.15, 0.2) is 140 Å². The second-order valence-corrected chi connectivity index (χ2v) is 22.0. The fourth-order valence-corrected chi connectivity index (χ4v) is 11.7. The van der Waals surface area contributed by atoms with Crippen LogP contribution in [0.1, 0.15) is 42.5 Å². The molecule has 536 valence electrons. The Bertz CT molecular complexity index is 5870. The Kier molecular flexibility index (Phi) is 16.8. The lowest BCUT2D eigenvalue weighted by atomic mass is 9.97. The third-order valence-electron chi connectivity index (χ3n) is 16.3. The molecule has 0 aliphatic carbocycles. The molecule has 0 saturated heterocycles. The molecule has 3 amide bonds. The van der Waals surface area contributed by atoms with Crippen LogP contribution < -0.4 is 16.0 Å². The van der Waals surface area contributed by atoms with Gasteiger partial charge in [0, 0.05) is 55.4 Å². The smallest absolute Gasteiger partial charge is 0.256 e. The van der Waals surface area contributed by atoms with Gasteiger partial charge in [-0.3, -0.25) is 14.4 Å². The van der Waals surface area contributed by atoms with Crippen molar-refractivity contribution in [3.8, 4) is 66.8 Å². The number of benzene rings is 6. The Morgan fingerprint density at radius 2 is 0.371 bits per heavy atom. The predicted molar refractivity (Wildman–Crippen MR) is 303 cm³/mol. The van der Waals surface area contributed by atoms with Crippen LogP contribution in [0.2, 0.25) is 0 Å². The molecule has 0 radical (unpaired) electrons. The van der Waals surface area contributed by atoms with E-state index in [1.54, 1.807) is 16.0 Å². The number of nitrogens with zero attached hydrogens (tertiary/aromatic N) is 1. The van der Waals surface area contributed by atoms with E-state index in [4.69, 9.17) is 0 Å². The molecule has 7 heterocycles. The van der Waals surface area contributed by atoms with Gasteiger partial charge in [-0.1, -0.05) is 0 Å².